The summed E-state index contributed by atoms with van der Waals surface area (Å²) >= 11 is 9.21. The van der Waals surface area contributed by atoms with Crippen molar-refractivity contribution < 1.29 is 4.74 Å². The van der Waals surface area contributed by atoms with Gasteiger partial charge in [0.25, 0.3) is 0 Å². The van der Waals surface area contributed by atoms with E-state index in [-0.39, 0.29) is 0 Å². The van der Waals surface area contributed by atoms with E-state index in [0.717, 1.165) is 26.4 Å². The summed E-state index contributed by atoms with van der Waals surface area (Å²) in [6.45, 7) is 4.45. The number of ether oxygens (including phenoxy) is 1. The van der Waals surface area contributed by atoms with Gasteiger partial charge < -0.3 is 4.74 Å². The van der Waals surface area contributed by atoms with Crippen molar-refractivity contribution in [3.05, 3.63) is 70.0 Å². The van der Waals surface area contributed by atoms with E-state index in [9.17, 15) is 0 Å². The van der Waals surface area contributed by atoms with Gasteiger partial charge in [0.15, 0.2) is 0 Å². The molecule has 0 aromatic heterocycles. The van der Waals surface area contributed by atoms with Crippen LogP contribution in [0.2, 0.25) is 5.02 Å². The van der Waals surface area contributed by atoms with Crippen molar-refractivity contribution in [1.29, 1.82) is 0 Å². The molecule has 1 radical (unpaired) electrons. The molecule has 1 nitrogen and oxygen atoms in total. The van der Waals surface area contributed by atoms with Crippen molar-refractivity contribution in [3.8, 4) is 5.75 Å². The van der Waals surface area contributed by atoms with Gasteiger partial charge in [0.2, 0.25) is 0 Å². The van der Waals surface area contributed by atoms with Crippen LogP contribution in [0.15, 0.2) is 46.9 Å². The Balaban J connectivity index is 2.04. The van der Waals surface area contributed by atoms with Crippen LogP contribution in [0.4, 0.5) is 0 Å². The lowest BCUT2D eigenvalue weighted by molar-refractivity contribution is 0.305. The van der Waals surface area contributed by atoms with Gasteiger partial charge in [0, 0.05) is 9.50 Å². The first-order chi connectivity index (χ1) is 8.15. The molecule has 2 rings (SSSR count). The second-order valence-corrected chi connectivity index (χ2v) is 5.02. The zero-order chi connectivity index (χ0) is 12.3. The molecule has 0 heterocycles. The fourth-order valence-corrected chi connectivity index (χ4v) is 1.97. The number of hydrogen-bond donors (Lipinski definition) is 0. The molecule has 0 bridgehead atoms. The van der Waals surface area contributed by atoms with Crippen molar-refractivity contribution in [1.82, 2.24) is 0 Å². The highest BCUT2D eigenvalue weighted by molar-refractivity contribution is 9.10. The molecule has 0 aliphatic carbocycles. The van der Waals surface area contributed by atoms with Gasteiger partial charge in [-0.2, -0.15) is 0 Å². The molecule has 87 valence electrons. The maximum atomic E-state index is 5.82. The lowest BCUT2D eigenvalue weighted by atomic mass is 10.2. The Labute approximate surface area is 115 Å². The molecule has 0 fully saturated rings. The topological polar surface area (TPSA) is 9.23 Å². The van der Waals surface area contributed by atoms with Crippen molar-refractivity contribution in [2.75, 3.05) is 0 Å². The van der Waals surface area contributed by atoms with E-state index in [4.69, 9.17) is 16.3 Å². The van der Waals surface area contributed by atoms with Gasteiger partial charge in [-0.25, -0.2) is 0 Å². The molecule has 0 spiro atoms. The van der Waals surface area contributed by atoms with E-state index in [1.54, 1.807) is 0 Å². The summed E-state index contributed by atoms with van der Waals surface area (Å²) in [4.78, 5) is 0. The van der Waals surface area contributed by atoms with Gasteiger partial charge >= 0.3 is 0 Å². The summed E-state index contributed by atoms with van der Waals surface area (Å²) < 4.78 is 6.69. The molecule has 0 aliphatic heterocycles. The smallest absolute Gasteiger partial charge is 0.123 e. The first-order valence-electron chi connectivity index (χ1n) is 5.14. The minimum Gasteiger partial charge on any atom is -0.489 e. The molecule has 2 aromatic carbocycles. The second-order valence-electron chi connectivity index (χ2n) is 3.67. The van der Waals surface area contributed by atoms with Gasteiger partial charge in [0.1, 0.15) is 12.4 Å². The maximum Gasteiger partial charge on any atom is 0.123 e. The molecule has 0 N–H and O–H groups in total. The van der Waals surface area contributed by atoms with Crippen LogP contribution in [0.3, 0.4) is 0 Å². The predicted octanol–water partition coefficient (Wildman–Crippen LogP) is 4.86. The third-order valence-electron chi connectivity index (χ3n) is 2.33. The molecule has 0 unspecified atom stereocenters. The fourth-order valence-electron chi connectivity index (χ4n) is 1.43. The Morgan fingerprint density at radius 3 is 2.47 bits per heavy atom. The van der Waals surface area contributed by atoms with Crippen LogP contribution in [0.25, 0.3) is 0 Å². The Kier molecular flexibility index (Phi) is 4.08. The minimum atomic E-state index is 0.515. The number of rotatable bonds is 3. The first kappa shape index (κ1) is 12.5. The van der Waals surface area contributed by atoms with E-state index in [1.165, 1.54) is 0 Å². The largest absolute Gasteiger partial charge is 0.489 e. The third-order valence-corrected chi connectivity index (χ3v) is 3.08. The summed E-state index contributed by atoms with van der Waals surface area (Å²) in [6.07, 6.45) is 0. The Morgan fingerprint density at radius 2 is 1.82 bits per heavy atom. The molecule has 0 saturated heterocycles. The van der Waals surface area contributed by atoms with E-state index in [2.05, 4.69) is 22.9 Å². The summed E-state index contributed by atoms with van der Waals surface area (Å²) in [5.74, 6) is 0.795. The van der Waals surface area contributed by atoms with Gasteiger partial charge in [0.05, 0.1) is 0 Å². The number of benzene rings is 2. The predicted molar refractivity (Wildman–Crippen MR) is 74.4 cm³/mol. The van der Waals surface area contributed by atoms with Crippen molar-refractivity contribution in [3.63, 3.8) is 0 Å². The highest BCUT2D eigenvalue weighted by Crippen LogP contribution is 2.23. The van der Waals surface area contributed by atoms with Crippen LogP contribution in [-0.2, 0) is 6.61 Å². The number of hydrogen-bond acceptors (Lipinski definition) is 1. The van der Waals surface area contributed by atoms with Crippen molar-refractivity contribution in [2.45, 2.75) is 6.61 Å². The molecule has 17 heavy (non-hydrogen) atoms. The zero-order valence-electron chi connectivity index (χ0n) is 9.12. The van der Waals surface area contributed by atoms with E-state index in [1.807, 2.05) is 42.5 Å². The Hall–Kier alpha value is -0.990. The summed E-state index contributed by atoms with van der Waals surface area (Å²) in [7, 11) is 0. The quantitative estimate of drug-likeness (QED) is 0.786. The summed E-state index contributed by atoms with van der Waals surface area (Å²) in [5.41, 5.74) is 1.95. The van der Waals surface area contributed by atoms with Crippen LogP contribution in [0.1, 0.15) is 11.1 Å². The number of halogens is 2. The minimum absolute atomic E-state index is 0.515. The van der Waals surface area contributed by atoms with Crippen LogP contribution in [0.5, 0.6) is 5.75 Å². The van der Waals surface area contributed by atoms with Crippen LogP contribution in [0, 0.1) is 6.92 Å². The maximum absolute atomic E-state index is 5.82. The molecular formula is C14H11BrClO. The molecule has 0 amide bonds. The van der Waals surface area contributed by atoms with Gasteiger partial charge in [-0.15, -0.1) is 0 Å². The monoisotopic (exact) mass is 309 g/mol. The molecule has 0 atom stereocenters. The van der Waals surface area contributed by atoms with E-state index in [0.29, 0.717) is 6.61 Å². The Bertz CT molecular complexity index is 508. The molecule has 3 heteroatoms. The SMILES string of the molecule is [CH2]c1cc(Br)ccc1OCc1ccc(Cl)cc1. The third kappa shape index (κ3) is 3.48. The van der Waals surface area contributed by atoms with Gasteiger partial charge in [-0.1, -0.05) is 39.7 Å². The average molecular weight is 311 g/mol. The average Bonchev–Trinajstić information content (AvgIpc) is 2.30. The molecule has 0 aliphatic rings. The van der Waals surface area contributed by atoms with Crippen molar-refractivity contribution >= 4 is 27.5 Å². The van der Waals surface area contributed by atoms with Crippen molar-refractivity contribution in [2.24, 2.45) is 0 Å². The van der Waals surface area contributed by atoms with E-state index < -0.39 is 0 Å². The second kappa shape index (κ2) is 5.56. The lowest BCUT2D eigenvalue weighted by Gasteiger charge is -2.09. The summed E-state index contributed by atoms with van der Waals surface area (Å²) in [6, 6.07) is 13.4. The standard InChI is InChI=1S/C14H11BrClO/c1-10-8-12(15)4-7-14(10)17-9-11-2-5-13(16)6-3-11/h2-8H,1,9H2. The lowest BCUT2D eigenvalue weighted by Crippen LogP contribution is -1.96. The Morgan fingerprint density at radius 1 is 1.12 bits per heavy atom. The zero-order valence-corrected chi connectivity index (χ0v) is 11.5. The highest BCUT2D eigenvalue weighted by atomic mass is 79.9. The van der Waals surface area contributed by atoms with Crippen LogP contribution in [-0.4, -0.2) is 0 Å². The molecular weight excluding hydrogens is 300 g/mol. The molecule has 0 saturated carbocycles. The molecule has 2 aromatic rings. The van der Waals surface area contributed by atoms with E-state index >= 15 is 0 Å². The summed E-state index contributed by atoms with van der Waals surface area (Å²) in [5, 5.41) is 0.732. The van der Waals surface area contributed by atoms with Gasteiger partial charge in [-0.3, -0.25) is 0 Å². The first-order valence-corrected chi connectivity index (χ1v) is 6.31. The normalized spacial score (nSPS) is 10.3. The van der Waals surface area contributed by atoms with Gasteiger partial charge in [-0.05, 0) is 48.4 Å². The fraction of sp³-hybridized carbons (Fsp3) is 0.0714. The van der Waals surface area contributed by atoms with Crippen LogP contribution < -0.4 is 4.74 Å². The highest BCUT2D eigenvalue weighted by Gasteiger charge is 2.01. The van der Waals surface area contributed by atoms with Crippen LogP contribution >= 0.6 is 27.5 Å².